The number of allylic oxidation sites excluding steroid dienone is 1. The van der Waals surface area contributed by atoms with Gasteiger partial charge < -0.3 is 0 Å². The number of hydrogen-bond acceptors (Lipinski definition) is 1. The third-order valence-corrected chi connectivity index (χ3v) is 13.3. The molecule has 104 valence electrons. The van der Waals surface area contributed by atoms with Crippen LogP contribution in [0.2, 0.25) is 18.8 Å². The van der Waals surface area contributed by atoms with Crippen molar-refractivity contribution in [3.05, 3.63) is 12.2 Å². The molecule has 0 heterocycles. The molecule has 0 aromatic rings. The van der Waals surface area contributed by atoms with Crippen LogP contribution in [-0.4, -0.2) is 29.1 Å². The summed E-state index contributed by atoms with van der Waals surface area (Å²) in [5.41, 5.74) is -0.641. The molecule has 1 nitrogen and oxygen atoms in total. The summed E-state index contributed by atoms with van der Waals surface area (Å²) in [6, 6.07) is 0. The van der Waals surface area contributed by atoms with Crippen LogP contribution in [0.25, 0.3) is 0 Å². The van der Waals surface area contributed by atoms with Crippen LogP contribution in [0.15, 0.2) is 12.2 Å². The summed E-state index contributed by atoms with van der Waals surface area (Å²) in [6.07, 6.45) is 9.97. The molecule has 2 fully saturated rings. The fraction of sp³-hybridized carbons (Fsp3) is 0.875. The van der Waals surface area contributed by atoms with Crippen LogP contribution >= 0.6 is 0 Å². The first-order valence-corrected chi connectivity index (χ1v) is 17.8. The zero-order valence-electron chi connectivity index (χ0n) is 12.7. The van der Waals surface area contributed by atoms with Gasteiger partial charge in [-0.05, 0) is 0 Å². The van der Waals surface area contributed by atoms with E-state index in [-0.39, 0.29) is 0 Å². The SMILES string of the molecule is CC(C)(O)/C=C\C[C@@H]1[C@H]2CC[C@H](C2)[C@@H]1[Sn]([CH3])([CH3])[CH3]. The molecule has 2 aliphatic rings. The van der Waals surface area contributed by atoms with Crippen molar-refractivity contribution < 1.29 is 5.11 Å². The van der Waals surface area contributed by atoms with Gasteiger partial charge in [0.05, 0.1) is 0 Å². The molecule has 2 aliphatic carbocycles. The van der Waals surface area contributed by atoms with E-state index in [1.165, 1.54) is 25.7 Å². The molecule has 2 bridgehead atoms. The van der Waals surface area contributed by atoms with Gasteiger partial charge in [-0.15, -0.1) is 0 Å². The Morgan fingerprint density at radius 2 is 1.78 bits per heavy atom. The molecule has 2 rings (SSSR count). The predicted molar refractivity (Wildman–Crippen MR) is 81.5 cm³/mol. The Morgan fingerprint density at radius 3 is 2.33 bits per heavy atom. The van der Waals surface area contributed by atoms with Crippen molar-refractivity contribution >= 4 is 18.4 Å². The van der Waals surface area contributed by atoms with Gasteiger partial charge in [-0.3, -0.25) is 0 Å². The van der Waals surface area contributed by atoms with Crippen LogP contribution in [0, 0.1) is 17.8 Å². The first-order chi connectivity index (χ1) is 8.18. The van der Waals surface area contributed by atoms with Crippen molar-refractivity contribution in [2.24, 2.45) is 17.8 Å². The van der Waals surface area contributed by atoms with E-state index in [1.54, 1.807) is 0 Å². The molecular weight excluding hydrogens is 327 g/mol. The van der Waals surface area contributed by atoms with Gasteiger partial charge in [-0.25, -0.2) is 0 Å². The second kappa shape index (κ2) is 5.12. The van der Waals surface area contributed by atoms with Gasteiger partial charge in [-0.2, -0.15) is 0 Å². The average molecular weight is 357 g/mol. The van der Waals surface area contributed by atoms with E-state index >= 15 is 0 Å². The molecule has 2 heteroatoms. The molecule has 1 N–H and O–H groups in total. The zero-order chi connectivity index (χ0) is 13.6. The number of rotatable bonds is 4. The Kier molecular flexibility index (Phi) is 4.24. The molecule has 0 aromatic heterocycles. The number of hydrogen-bond donors (Lipinski definition) is 1. The van der Waals surface area contributed by atoms with Gasteiger partial charge in [0.15, 0.2) is 0 Å². The first-order valence-electron chi connectivity index (χ1n) is 7.58. The molecule has 0 unspecified atom stereocenters. The fourth-order valence-electron chi connectivity index (χ4n) is 4.61. The summed E-state index contributed by atoms with van der Waals surface area (Å²) in [4.78, 5) is 7.85. The molecule has 0 saturated heterocycles. The Labute approximate surface area is 117 Å². The summed E-state index contributed by atoms with van der Waals surface area (Å²) >= 11 is -1.79. The summed E-state index contributed by atoms with van der Waals surface area (Å²) in [5, 5.41) is 9.78. The third kappa shape index (κ3) is 3.33. The average Bonchev–Trinajstić information content (AvgIpc) is 2.73. The van der Waals surface area contributed by atoms with E-state index in [0.717, 1.165) is 21.7 Å². The fourth-order valence-corrected chi connectivity index (χ4v) is 14.3. The number of aliphatic hydroxyl groups is 1. The maximum absolute atomic E-state index is 9.78. The monoisotopic (exact) mass is 358 g/mol. The summed E-state index contributed by atoms with van der Waals surface area (Å²) in [7, 11) is 0. The van der Waals surface area contributed by atoms with Crippen molar-refractivity contribution in [2.45, 2.75) is 63.9 Å². The maximum atomic E-state index is 9.78. The van der Waals surface area contributed by atoms with Crippen molar-refractivity contribution in [3.8, 4) is 0 Å². The topological polar surface area (TPSA) is 20.2 Å². The van der Waals surface area contributed by atoms with Crippen LogP contribution < -0.4 is 0 Å². The van der Waals surface area contributed by atoms with Crippen LogP contribution in [0.5, 0.6) is 0 Å². The summed E-state index contributed by atoms with van der Waals surface area (Å²) < 4.78 is 1.09. The van der Waals surface area contributed by atoms with Crippen molar-refractivity contribution in [1.82, 2.24) is 0 Å². The summed E-state index contributed by atoms with van der Waals surface area (Å²) in [6.45, 7) is 3.73. The van der Waals surface area contributed by atoms with Crippen LogP contribution in [0.3, 0.4) is 0 Å². The van der Waals surface area contributed by atoms with Gasteiger partial charge in [0, 0.05) is 0 Å². The standard InChI is InChI=1S/C13H21O.3CH3.Sn/c1-13(2,14)7-3-4-11-8-10-5-6-12(11)9-10;;;;/h3,7-8,10-12,14H,4-6,9H2,1-2H3;3*1H3;/b7-3-;;;;/t10-,11-,12-;;;;/m0..../s1. The van der Waals surface area contributed by atoms with E-state index in [0.29, 0.717) is 0 Å². The Morgan fingerprint density at radius 1 is 1.17 bits per heavy atom. The van der Waals surface area contributed by atoms with Gasteiger partial charge in [0.1, 0.15) is 0 Å². The van der Waals surface area contributed by atoms with Gasteiger partial charge in [0.2, 0.25) is 0 Å². The molecule has 2 saturated carbocycles. The van der Waals surface area contributed by atoms with Crippen molar-refractivity contribution in [2.75, 3.05) is 0 Å². The molecule has 18 heavy (non-hydrogen) atoms. The van der Waals surface area contributed by atoms with Crippen molar-refractivity contribution in [3.63, 3.8) is 0 Å². The Hall–Kier alpha value is 0.499. The molecule has 0 radical (unpaired) electrons. The minimum atomic E-state index is -1.79. The molecule has 4 atom stereocenters. The van der Waals surface area contributed by atoms with E-state index in [1.807, 2.05) is 19.9 Å². The van der Waals surface area contributed by atoms with Crippen LogP contribution in [-0.2, 0) is 0 Å². The molecule has 0 spiro atoms. The van der Waals surface area contributed by atoms with E-state index in [4.69, 9.17) is 0 Å². The van der Waals surface area contributed by atoms with Crippen molar-refractivity contribution in [1.29, 1.82) is 0 Å². The molecule has 0 amide bonds. The molecular formula is C16H30OSn. The first kappa shape index (κ1) is 14.9. The minimum absolute atomic E-state index is 0.641. The van der Waals surface area contributed by atoms with Gasteiger partial charge in [-0.1, -0.05) is 0 Å². The van der Waals surface area contributed by atoms with Crippen LogP contribution in [0.1, 0.15) is 39.5 Å². The van der Waals surface area contributed by atoms with E-state index in [9.17, 15) is 5.11 Å². The van der Waals surface area contributed by atoms with Gasteiger partial charge >= 0.3 is 117 Å². The van der Waals surface area contributed by atoms with Gasteiger partial charge in [0.25, 0.3) is 0 Å². The van der Waals surface area contributed by atoms with E-state index < -0.39 is 24.0 Å². The van der Waals surface area contributed by atoms with Crippen LogP contribution in [0.4, 0.5) is 0 Å². The molecule has 0 aliphatic heterocycles. The summed E-state index contributed by atoms with van der Waals surface area (Å²) in [5.74, 6) is 3.01. The second-order valence-corrected chi connectivity index (χ2v) is 23.6. The Balaban J connectivity index is 2.04. The third-order valence-electron chi connectivity index (χ3n) is 5.02. The zero-order valence-corrected chi connectivity index (χ0v) is 15.6. The van der Waals surface area contributed by atoms with E-state index in [2.05, 4.69) is 20.9 Å². The number of fused-ring (bicyclic) bond motifs is 2. The normalized spacial score (nSPS) is 36.8. The Bertz CT molecular complexity index is 321. The molecule has 0 aromatic carbocycles. The second-order valence-electron chi connectivity index (χ2n) is 8.18. The predicted octanol–water partition coefficient (Wildman–Crippen LogP) is 4.46. The quantitative estimate of drug-likeness (QED) is 0.582.